The van der Waals surface area contributed by atoms with E-state index in [4.69, 9.17) is 0 Å². The zero-order chi connectivity index (χ0) is 16.3. The summed E-state index contributed by atoms with van der Waals surface area (Å²) >= 11 is 0. The number of halogens is 1. The molecule has 4 aromatic rings. The van der Waals surface area contributed by atoms with Crippen LogP contribution in [0.15, 0.2) is 47.3 Å². The molecule has 0 aliphatic carbocycles. The molecule has 0 unspecified atom stereocenters. The standard InChI is InChI=1S/C18H13FN2O2/c1-20(2)18(23)21-14-9-11(10-3-6-12(19)7-4-10)5-8-13(14)15-16(21)17(15)22/h3-9H,1-2H3. The molecule has 1 heterocycles. The first kappa shape index (κ1) is 13.7. The summed E-state index contributed by atoms with van der Waals surface area (Å²) in [5, 5.41) is 1.41. The number of aromatic nitrogens is 1. The highest BCUT2D eigenvalue weighted by Gasteiger charge is 2.28. The first-order valence-corrected chi connectivity index (χ1v) is 7.20. The van der Waals surface area contributed by atoms with Crippen molar-refractivity contribution in [1.29, 1.82) is 0 Å². The number of fused-ring (bicyclic) bond motifs is 3. The predicted octanol–water partition coefficient (Wildman–Crippen LogP) is 3.37. The Bertz CT molecular complexity index is 1080. The van der Waals surface area contributed by atoms with Crippen LogP contribution in [0, 0.1) is 5.82 Å². The van der Waals surface area contributed by atoms with Crippen molar-refractivity contribution < 1.29 is 9.18 Å². The van der Waals surface area contributed by atoms with Crippen LogP contribution < -0.4 is 5.43 Å². The van der Waals surface area contributed by atoms with E-state index in [1.807, 2.05) is 18.2 Å². The summed E-state index contributed by atoms with van der Waals surface area (Å²) in [4.78, 5) is 25.7. The summed E-state index contributed by atoms with van der Waals surface area (Å²) in [5.41, 5.74) is 2.83. The van der Waals surface area contributed by atoms with Gasteiger partial charge in [0, 0.05) is 19.5 Å². The van der Waals surface area contributed by atoms with Gasteiger partial charge in [-0.25, -0.2) is 9.18 Å². The fourth-order valence-electron chi connectivity index (χ4n) is 2.89. The minimum absolute atomic E-state index is 0.0674. The fraction of sp³-hybridized carbons (Fsp3) is 0.111. The molecule has 0 bridgehead atoms. The van der Waals surface area contributed by atoms with Crippen LogP contribution >= 0.6 is 0 Å². The van der Waals surface area contributed by atoms with E-state index in [0.717, 1.165) is 16.5 Å². The van der Waals surface area contributed by atoms with Crippen molar-refractivity contribution in [3.8, 4) is 11.1 Å². The molecule has 3 aromatic carbocycles. The lowest BCUT2D eigenvalue weighted by Crippen LogP contribution is -2.27. The van der Waals surface area contributed by atoms with E-state index in [9.17, 15) is 14.0 Å². The quantitative estimate of drug-likeness (QED) is 0.541. The van der Waals surface area contributed by atoms with Crippen LogP contribution in [-0.4, -0.2) is 29.6 Å². The van der Waals surface area contributed by atoms with E-state index in [0.29, 0.717) is 16.4 Å². The molecule has 1 aromatic heterocycles. The largest absolute Gasteiger partial charge is 0.330 e. The highest BCUT2D eigenvalue weighted by Crippen LogP contribution is 2.33. The minimum atomic E-state index is -0.294. The number of rotatable bonds is 1. The highest BCUT2D eigenvalue weighted by molar-refractivity contribution is 6.21. The zero-order valence-electron chi connectivity index (χ0n) is 12.6. The lowest BCUT2D eigenvalue weighted by molar-refractivity contribution is 0.221. The molecule has 0 spiro atoms. The second kappa shape index (κ2) is 4.52. The van der Waals surface area contributed by atoms with E-state index in [1.54, 1.807) is 26.2 Å². The molecule has 1 amide bonds. The number of hydrogen-bond acceptors (Lipinski definition) is 2. The minimum Gasteiger partial charge on any atom is -0.330 e. The smallest absolute Gasteiger partial charge is 0.328 e. The topological polar surface area (TPSA) is 42.3 Å². The van der Waals surface area contributed by atoms with Crippen molar-refractivity contribution in [2.45, 2.75) is 0 Å². The summed E-state index contributed by atoms with van der Waals surface area (Å²) in [6.45, 7) is 0. The van der Waals surface area contributed by atoms with Crippen LogP contribution in [0.3, 0.4) is 0 Å². The molecule has 0 fully saturated rings. The molecule has 23 heavy (non-hydrogen) atoms. The maximum Gasteiger partial charge on any atom is 0.328 e. The van der Waals surface area contributed by atoms with Gasteiger partial charge in [0.2, 0.25) is 5.43 Å². The lowest BCUT2D eigenvalue weighted by Gasteiger charge is -2.12. The molecule has 0 aliphatic heterocycles. The molecule has 0 atom stereocenters. The summed E-state index contributed by atoms with van der Waals surface area (Å²) < 4.78 is 14.5. The zero-order valence-corrected chi connectivity index (χ0v) is 12.6. The molecule has 5 heteroatoms. The summed E-state index contributed by atoms with van der Waals surface area (Å²) in [6.07, 6.45) is 0. The van der Waals surface area contributed by atoms with Crippen molar-refractivity contribution >= 4 is 27.8 Å². The van der Waals surface area contributed by atoms with E-state index in [2.05, 4.69) is 0 Å². The van der Waals surface area contributed by atoms with Crippen LogP contribution in [-0.2, 0) is 0 Å². The first-order valence-electron chi connectivity index (χ1n) is 7.20. The van der Waals surface area contributed by atoms with Gasteiger partial charge in [0.25, 0.3) is 0 Å². The Morgan fingerprint density at radius 1 is 1.04 bits per heavy atom. The van der Waals surface area contributed by atoms with Crippen molar-refractivity contribution in [1.82, 2.24) is 9.47 Å². The van der Waals surface area contributed by atoms with E-state index in [-0.39, 0.29) is 17.3 Å². The normalized spacial score (nSPS) is 11.6. The number of carbonyl (C=O) groups is 1. The molecule has 4 nitrogen and oxygen atoms in total. The van der Waals surface area contributed by atoms with Crippen LogP contribution in [0.1, 0.15) is 0 Å². The van der Waals surface area contributed by atoms with Gasteiger partial charge >= 0.3 is 6.03 Å². The van der Waals surface area contributed by atoms with Crippen LogP contribution in [0.25, 0.3) is 32.9 Å². The third kappa shape index (κ3) is 1.90. The van der Waals surface area contributed by atoms with Gasteiger partial charge in [-0.05, 0) is 29.3 Å². The summed E-state index contributed by atoms with van der Waals surface area (Å²) in [5.74, 6) is -0.294. The number of benzene rings is 2. The Morgan fingerprint density at radius 2 is 1.70 bits per heavy atom. The number of hydrogen-bond donors (Lipinski definition) is 0. The van der Waals surface area contributed by atoms with Gasteiger partial charge in [-0.15, -0.1) is 0 Å². The average Bonchev–Trinajstić information content (AvgIpc) is 3.05. The van der Waals surface area contributed by atoms with Gasteiger partial charge in [-0.1, -0.05) is 24.3 Å². The molecule has 0 radical (unpaired) electrons. The van der Waals surface area contributed by atoms with Crippen molar-refractivity contribution in [2.75, 3.05) is 14.1 Å². The number of carbonyl (C=O) groups excluding carboxylic acids is 1. The van der Waals surface area contributed by atoms with Crippen LogP contribution in [0.5, 0.6) is 0 Å². The van der Waals surface area contributed by atoms with Gasteiger partial charge in [-0.2, -0.15) is 0 Å². The Labute approximate surface area is 131 Å². The Balaban J connectivity index is 1.96. The predicted molar refractivity (Wildman–Crippen MR) is 88.0 cm³/mol. The SMILES string of the molecule is CN(C)C(=O)n1c2cc(-c3ccc(F)cc3)ccc2c2c(=O)c21. The van der Waals surface area contributed by atoms with Gasteiger partial charge in [0.05, 0.1) is 10.9 Å². The third-order valence-corrected chi connectivity index (χ3v) is 4.10. The van der Waals surface area contributed by atoms with E-state index in [1.165, 1.54) is 21.6 Å². The monoisotopic (exact) mass is 308 g/mol. The lowest BCUT2D eigenvalue weighted by atomic mass is 10.0. The molecular weight excluding hydrogens is 295 g/mol. The van der Waals surface area contributed by atoms with Crippen molar-refractivity contribution in [2.24, 2.45) is 0 Å². The van der Waals surface area contributed by atoms with Crippen LogP contribution in [0.2, 0.25) is 0 Å². The third-order valence-electron chi connectivity index (χ3n) is 4.10. The fourth-order valence-corrected chi connectivity index (χ4v) is 2.89. The molecule has 0 saturated heterocycles. The second-order valence-electron chi connectivity index (χ2n) is 5.80. The average molecular weight is 308 g/mol. The number of pyridine rings is 1. The number of amides is 1. The highest BCUT2D eigenvalue weighted by atomic mass is 19.1. The van der Waals surface area contributed by atoms with Crippen molar-refractivity contribution in [3.63, 3.8) is 0 Å². The van der Waals surface area contributed by atoms with Gasteiger partial charge in [0.1, 0.15) is 11.3 Å². The summed E-state index contributed by atoms with van der Waals surface area (Å²) in [7, 11) is 3.30. The Morgan fingerprint density at radius 3 is 2.35 bits per heavy atom. The van der Waals surface area contributed by atoms with Gasteiger partial charge in [-0.3, -0.25) is 9.36 Å². The first-order chi connectivity index (χ1) is 11.0. The molecular formula is C18H13FN2O2. The maximum absolute atomic E-state index is 13.1. The van der Waals surface area contributed by atoms with Gasteiger partial charge < -0.3 is 4.90 Å². The molecule has 0 aliphatic rings. The van der Waals surface area contributed by atoms with E-state index >= 15 is 0 Å². The summed E-state index contributed by atoms with van der Waals surface area (Å²) in [6, 6.07) is 11.5. The second-order valence-corrected chi connectivity index (χ2v) is 5.80. The Kier molecular flexibility index (Phi) is 2.69. The van der Waals surface area contributed by atoms with Crippen LogP contribution in [0.4, 0.5) is 9.18 Å². The molecule has 0 saturated carbocycles. The molecule has 4 rings (SSSR count). The molecule has 0 N–H and O–H groups in total. The van der Waals surface area contributed by atoms with Crippen molar-refractivity contribution in [3.05, 3.63) is 58.5 Å². The van der Waals surface area contributed by atoms with Gasteiger partial charge in [0.15, 0.2) is 0 Å². The number of nitrogens with zero attached hydrogens (tertiary/aromatic N) is 2. The van der Waals surface area contributed by atoms with E-state index < -0.39 is 0 Å². The molecule has 114 valence electrons. The Hall–Kier alpha value is -2.95. The maximum atomic E-state index is 13.1.